The zero-order chi connectivity index (χ0) is 13.4. The highest BCUT2D eigenvalue weighted by Gasteiger charge is 2.25. The van der Waals surface area contributed by atoms with Gasteiger partial charge in [-0.1, -0.05) is 26.2 Å². The van der Waals surface area contributed by atoms with E-state index in [0.717, 1.165) is 25.8 Å². The third-order valence-electron chi connectivity index (χ3n) is 3.70. The highest BCUT2D eigenvalue weighted by Crippen LogP contribution is 2.15. The van der Waals surface area contributed by atoms with Gasteiger partial charge in [-0.25, -0.2) is 0 Å². The molecule has 0 aromatic heterocycles. The van der Waals surface area contributed by atoms with E-state index < -0.39 is 0 Å². The molecule has 0 bridgehead atoms. The monoisotopic (exact) mass is 256 g/mol. The Morgan fingerprint density at radius 2 is 2.28 bits per heavy atom. The lowest BCUT2D eigenvalue weighted by atomic mass is 10.1. The normalized spacial score (nSPS) is 22.1. The predicted molar refractivity (Wildman–Crippen MR) is 73.4 cm³/mol. The lowest BCUT2D eigenvalue weighted by Gasteiger charge is -2.23. The van der Waals surface area contributed by atoms with E-state index in [1.54, 1.807) is 0 Å². The molecule has 1 aliphatic rings. The lowest BCUT2D eigenvalue weighted by Crippen LogP contribution is -2.43. The van der Waals surface area contributed by atoms with E-state index in [-0.39, 0.29) is 24.6 Å². The number of amides is 1. The van der Waals surface area contributed by atoms with Gasteiger partial charge in [-0.2, -0.15) is 0 Å². The zero-order valence-corrected chi connectivity index (χ0v) is 11.8. The molecule has 1 unspecified atom stereocenters. The molecule has 0 radical (unpaired) electrons. The molecule has 1 saturated heterocycles. The maximum atomic E-state index is 11.9. The van der Waals surface area contributed by atoms with E-state index in [0.29, 0.717) is 6.54 Å². The molecule has 1 aliphatic heterocycles. The minimum atomic E-state index is 0.0966. The second-order valence-corrected chi connectivity index (χ2v) is 5.41. The number of carbonyl (C=O) groups excluding carboxylic acids is 1. The molecule has 0 aromatic carbocycles. The van der Waals surface area contributed by atoms with E-state index in [2.05, 4.69) is 24.1 Å². The van der Waals surface area contributed by atoms with Gasteiger partial charge in [0.15, 0.2) is 0 Å². The van der Waals surface area contributed by atoms with Crippen LogP contribution in [-0.2, 0) is 4.79 Å². The molecule has 4 nitrogen and oxygen atoms in total. The Morgan fingerprint density at radius 1 is 1.50 bits per heavy atom. The van der Waals surface area contributed by atoms with Crippen molar-refractivity contribution >= 4 is 5.91 Å². The minimum Gasteiger partial charge on any atom is -0.395 e. The summed E-state index contributed by atoms with van der Waals surface area (Å²) in [6, 6.07) is 0.449. The summed E-state index contributed by atoms with van der Waals surface area (Å²) in [7, 11) is 0. The number of nitrogens with zero attached hydrogens (tertiary/aromatic N) is 1. The van der Waals surface area contributed by atoms with Crippen LogP contribution in [0.1, 0.15) is 52.4 Å². The second kappa shape index (κ2) is 8.48. The van der Waals surface area contributed by atoms with Crippen LogP contribution in [0.25, 0.3) is 0 Å². The average molecular weight is 256 g/mol. The molecule has 0 aliphatic carbocycles. The van der Waals surface area contributed by atoms with Crippen LogP contribution in [0.15, 0.2) is 0 Å². The van der Waals surface area contributed by atoms with Crippen LogP contribution in [0.5, 0.6) is 0 Å². The van der Waals surface area contributed by atoms with E-state index in [1.165, 1.54) is 19.3 Å². The van der Waals surface area contributed by atoms with Crippen LogP contribution < -0.4 is 5.32 Å². The van der Waals surface area contributed by atoms with Crippen molar-refractivity contribution in [3.05, 3.63) is 0 Å². The summed E-state index contributed by atoms with van der Waals surface area (Å²) in [6.07, 6.45) is 6.79. The number of hydrogen-bond donors (Lipinski definition) is 2. The van der Waals surface area contributed by atoms with E-state index >= 15 is 0 Å². The number of nitrogens with one attached hydrogen (secondary N) is 1. The molecule has 106 valence electrons. The first-order chi connectivity index (χ1) is 8.67. The fourth-order valence-corrected chi connectivity index (χ4v) is 2.59. The molecule has 1 fully saturated rings. The molecule has 0 saturated carbocycles. The second-order valence-electron chi connectivity index (χ2n) is 5.41. The molecule has 1 heterocycles. The molecular formula is C14H28N2O2. The van der Waals surface area contributed by atoms with Gasteiger partial charge >= 0.3 is 0 Å². The number of aliphatic hydroxyl groups is 1. The van der Waals surface area contributed by atoms with Gasteiger partial charge in [0, 0.05) is 12.1 Å². The van der Waals surface area contributed by atoms with Crippen molar-refractivity contribution in [2.75, 3.05) is 19.7 Å². The summed E-state index contributed by atoms with van der Waals surface area (Å²) < 4.78 is 0. The average Bonchev–Trinajstić information content (AvgIpc) is 2.76. The standard InChI is InChI=1S/C14H28N2O2/c1-3-4-5-7-12(2)15-14(18)10-16-9-6-8-13(16)11-17/h12-13,17H,3-11H2,1-2H3,(H,15,18)/t12?,13-/m0/s1. The summed E-state index contributed by atoms with van der Waals surface area (Å²) in [6.45, 7) is 5.79. The highest BCUT2D eigenvalue weighted by atomic mass is 16.3. The Hall–Kier alpha value is -0.610. The van der Waals surface area contributed by atoms with Crippen LogP contribution in [0.2, 0.25) is 0 Å². The Bertz CT molecular complexity index is 246. The highest BCUT2D eigenvalue weighted by molar-refractivity contribution is 5.78. The van der Waals surface area contributed by atoms with Crippen molar-refractivity contribution in [3.8, 4) is 0 Å². The van der Waals surface area contributed by atoms with Gasteiger partial charge in [-0.3, -0.25) is 9.69 Å². The first kappa shape index (κ1) is 15.4. The van der Waals surface area contributed by atoms with Crippen LogP contribution in [0, 0.1) is 0 Å². The van der Waals surface area contributed by atoms with Crippen LogP contribution in [0.3, 0.4) is 0 Å². The summed E-state index contributed by atoms with van der Waals surface area (Å²) in [4.78, 5) is 14.0. The summed E-state index contributed by atoms with van der Waals surface area (Å²) in [5, 5.41) is 12.2. The Labute approximate surface area is 111 Å². The molecule has 4 heteroatoms. The molecule has 2 N–H and O–H groups in total. The first-order valence-corrected chi connectivity index (χ1v) is 7.31. The number of likely N-dealkylation sites (tertiary alicyclic amines) is 1. The van der Waals surface area contributed by atoms with Gasteiger partial charge in [0.1, 0.15) is 0 Å². The molecule has 0 aromatic rings. The first-order valence-electron chi connectivity index (χ1n) is 7.31. The van der Waals surface area contributed by atoms with Crippen LogP contribution >= 0.6 is 0 Å². The maximum Gasteiger partial charge on any atom is 0.234 e. The van der Waals surface area contributed by atoms with Crippen molar-refractivity contribution in [1.29, 1.82) is 0 Å². The van der Waals surface area contributed by atoms with Gasteiger partial charge in [0.25, 0.3) is 0 Å². The van der Waals surface area contributed by atoms with Gasteiger partial charge < -0.3 is 10.4 Å². The van der Waals surface area contributed by atoms with E-state index in [4.69, 9.17) is 0 Å². The Morgan fingerprint density at radius 3 is 2.94 bits per heavy atom. The molecule has 1 amide bonds. The van der Waals surface area contributed by atoms with Crippen molar-refractivity contribution in [1.82, 2.24) is 10.2 Å². The number of aliphatic hydroxyl groups excluding tert-OH is 1. The third-order valence-corrected chi connectivity index (χ3v) is 3.70. The topological polar surface area (TPSA) is 52.6 Å². The molecule has 1 rings (SSSR count). The summed E-state index contributed by atoms with van der Waals surface area (Å²) in [5.41, 5.74) is 0. The quantitative estimate of drug-likeness (QED) is 0.648. The van der Waals surface area contributed by atoms with Crippen molar-refractivity contribution in [2.24, 2.45) is 0 Å². The molecule has 0 spiro atoms. The largest absolute Gasteiger partial charge is 0.395 e. The molecule has 18 heavy (non-hydrogen) atoms. The van der Waals surface area contributed by atoms with Gasteiger partial charge in [0.2, 0.25) is 5.91 Å². The van der Waals surface area contributed by atoms with Crippen LogP contribution in [-0.4, -0.2) is 47.7 Å². The van der Waals surface area contributed by atoms with Crippen molar-refractivity contribution < 1.29 is 9.90 Å². The van der Waals surface area contributed by atoms with Gasteiger partial charge in [0.05, 0.1) is 13.2 Å². The Kier molecular flexibility index (Phi) is 7.28. The fourth-order valence-electron chi connectivity index (χ4n) is 2.59. The molecule has 2 atom stereocenters. The van der Waals surface area contributed by atoms with Gasteiger partial charge in [-0.15, -0.1) is 0 Å². The van der Waals surface area contributed by atoms with E-state index in [9.17, 15) is 9.90 Å². The maximum absolute atomic E-state index is 11.9. The number of carbonyl (C=O) groups is 1. The van der Waals surface area contributed by atoms with Crippen molar-refractivity contribution in [2.45, 2.75) is 64.5 Å². The lowest BCUT2D eigenvalue weighted by molar-refractivity contribution is -0.123. The Balaban J connectivity index is 2.20. The number of unbranched alkanes of at least 4 members (excludes halogenated alkanes) is 2. The third kappa shape index (κ3) is 5.36. The predicted octanol–water partition coefficient (Wildman–Crippen LogP) is 1.53. The smallest absolute Gasteiger partial charge is 0.234 e. The van der Waals surface area contributed by atoms with Crippen molar-refractivity contribution in [3.63, 3.8) is 0 Å². The van der Waals surface area contributed by atoms with Crippen LogP contribution in [0.4, 0.5) is 0 Å². The fraction of sp³-hybridized carbons (Fsp3) is 0.929. The SMILES string of the molecule is CCCCCC(C)NC(=O)CN1CCC[C@H]1CO. The summed E-state index contributed by atoms with van der Waals surface area (Å²) >= 11 is 0. The zero-order valence-electron chi connectivity index (χ0n) is 11.8. The summed E-state index contributed by atoms with van der Waals surface area (Å²) in [5.74, 6) is 0.0966. The number of hydrogen-bond acceptors (Lipinski definition) is 3. The van der Waals surface area contributed by atoms with Gasteiger partial charge in [-0.05, 0) is 32.7 Å². The minimum absolute atomic E-state index is 0.0966. The number of rotatable bonds is 8. The van der Waals surface area contributed by atoms with E-state index in [1.807, 2.05) is 0 Å². The molecular weight excluding hydrogens is 228 g/mol.